The molecule has 1 heterocycles. The van der Waals surface area contributed by atoms with Gasteiger partial charge in [0, 0.05) is 18.4 Å². The lowest BCUT2D eigenvalue weighted by molar-refractivity contribution is -0.0261. The van der Waals surface area contributed by atoms with Gasteiger partial charge in [0.1, 0.15) is 5.60 Å². The van der Waals surface area contributed by atoms with E-state index in [0.717, 1.165) is 5.56 Å². The zero-order valence-electron chi connectivity index (χ0n) is 8.57. The van der Waals surface area contributed by atoms with E-state index >= 15 is 0 Å². The van der Waals surface area contributed by atoms with Crippen LogP contribution in [0.5, 0.6) is 0 Å². The fourth-order valence-electron chi connectivity index (χ4n) is 1.54. The van der Waals surface area contributed by atoms with Gasteiger partial charge in [-0.15, -0.1) is 0 Å². The third kappa shape index (κ3) is 2.82. The number of benzene rings is 1. The van der Waals surface area contributed by atoms with Crippen molar-refractivity contribution in [3.8, 4) is 11.8 Å². The Morgan fingerprint density at radius 3 is 2.47 bits per heavy atom. The van der Waals surface area contributed by atoms with Crippen LogP contribution < -0.4 is 0 Å². The summed E-state index contributed by atoms with van der Waals surface area (Å²) in [6.45, 7) is 1.19. The van der Waals surface area contributed by atoms with E-state index in [-0.39, 0.29) is 0 Å². The Kier molecular flexibility index (Phi) is 3.05. The summed E-state index contributed by atoms with van der Waals surface area (Å²) >= 11 is 0. The molecule has 1 saturated heterocycles. The second-order valence-corrected chi connectivity index (χ2v) is 3.76. The first kappa shape index (κ1) is 10.2. The maximum atomic E-state index is 10.1. The Balaban J connectivity index is 2.10. The van der Waals surface area contributed by atoms with Gasteiger partial charge in [-0.2, -0.15) is 0 Å². The monoisotopic (exact) mass is 202 g/mol. The zero-order valence-corrected chi connectivity index (χ0v) is 8.57. The minimum atomic E-state index is -0.853. The van der Waals surface area contributed by atoms with Crippen LogP contribution in [-0.2, 0) is 4.74 Å². The molecule has 0 amide bonds. The first-order valence-electron chi connectivity index (χ1n) is 5.17. The molecule has 1 fully saturated rings. The first-order chi connectivity index (χ1) is 7.29. The van der Waals surface area contributed by atoms with E-state index in [1.165, 1.54) is 0 Å². The van der Waals surface area contributed by atoms with Crippen molar-refractivity contribution in [2.75, 3.05) is 13.2 Å². The Bertz CT molecular complexity index is 367. The molecule has 15 heavy (non-hydrogen) atoms. The molecular weight excluding hydrogens is 188 g/mol. The number of ether oxygens (including phenoxy) is 1. The van der Waals surface area contributed by atoms with Gasteiger partial charge in [-0.3, -0.25) is 0 Å². The SMILES string of the molecule is OC1(C#Cc2ccccc2)CCOCC1. The van der Waals surface area contributed by atoms with Gasteiger partial charge in [0.2, 0.25) is 0 Å². The van der Waals surface area contributed by atoms with E-state index in [1.54, 1.807) is 0 Å². The van der Waals surface area contributed by atoms with Crippen LogP contribution in [0.3, 0.4) is 0 Å². The summed E-state index contributed by atoms with van der Waals surface area (Å²) in [6.07, 6.45) is 1.21. The van der Waals surface area contributed by atoms with Crippen molar-refractivity contribution in [2.45, 2.75) is 18.4 Å². The fraction of sp³-hybridized carbons (Fsp3) is 0.385. The van der Waals surface area contributed by atoms with E-state index in [1.807, 2.05) is 30.3 Å². The first-order valence-corrected chi connectivity index (χ1v) is 5.17. The Morgan fingerprint density at radius 1 is 1.13 bits per heavy atom. The molecule has 2 heteroatoms. The highest BCUT2D eigenvalue weighted by atomic mass is 16.5. The number of hydrogen-bond donors (Lipinski definition) is 1. The van der Waals surface area contributed by atoms with Gasteiger partial charge in [-0.1, -0.05) is 30.0 Å². The summed E-state index contributed by atoms with van der Waals surface area (Å²) in [5.41, 5.74) is 0.0890. The molecule has 78 valence electrons. The number of aliphatic hydroxyl groups is 1. The molecule has 0 radical (unpaired) electrons. The predicted octanol–water partition coefficient (Wildman–Crippen LogP) is 1.58. The summed E-state index contributed by atoms with van der Waals surface area (Å²) in [5.74, 6) is 5.94. The summed E-state index contributed by atoms with van der Waals surface area (Å²) in [7, 11) is 0. The van der Waals surface area contributed by atoms with Gasteiger partial charge in [0.15, 0.2) is 0 Å². The summed E-state index contributed by atoms with van der Waals surface area (Å²) < 4.78 is 5.19. The van der Waals surface area contributed by atoms with Crippen LogP contribution in [0.4, 0.5) is 0 Å². The summed E-state index contributed by atoms with van der Waals surface area (Å²) in [6, 6.07) is 9.72. The van der Waals surface area contributed by atoms with Gasteiger partial charge >= 0.3 is 0 Å². The van der Waals surface area contributed by atoms with E-state index in [9.17, 15) is 5.11 Å². The minimum absolute atomic E-state index is 0.597. The largest absolute Gasteiger partial charge is 0.381 e. The molecule has 0 bridgehead atoms. The molecule has 0 atom stereocenters. The fourth-order valence-corrected chi connectivity index (χ4v) is 1.54. The van der Waals surface area contributed by atoms with Gasteiger partial charge in [0.05, 0.1) is 13.2 Å². The van der Waals surface area contributed by atoms with Crippen molar-refractivity contribution >= 4 is 0 Å². The van der Waals surface area contributed by atoms with E-state index in [0.29, 0.717) is 26.1 Å². The van der Waals surface area contributed by atoms with Gasteiger partial charge in [-0.05, 0) is 12.1 Å². The van der Waals surface area contributed by atoms with Crippen LogP contribution >= 0.6 is 0 Å². The van der Waals surface area contributed by atoms with E-state index < -0.39 is 5.60 Å². The second-order valence-electron chi connectivity index (χ2n) is 3.76. The van der Waals surface area contributed by atoms with Crippen molar-refractivity contribution in [3.05, 3.63) is 35.9 Å². The molecule has 1 N–H and O–H groups in total. The molecule has 1 aliphatic rings. The number of hydrogen-bond acceptors (Lipinski definition) is 2. The molecule has 0 unspecified atom stereocenters. The van der Waals surface area contributed by atoms with Crippen LogP contribution in [-0.4, -0.2) is 23.9 Å². The lowest BCUT2D eigenvalue weighted by Crippen LogP contribution is -2.34. The van der Waals surface area contributed by atoms with Crippen molar-refractivity contribution in [1.29, 1.82) is 0 Å². The third-order valence-corrected chi connectivity index (χ3v) is 2.53. The quantitative estimate of drug-likeness (QED) is 0.647. The van der Waals surface area contributed by atoms with E-state index in [4.69, 9.17) is 4.74 Å². The topological polar surface area (TPSA) is 29.5 Å². The molecule has 0 aromatic heterocycles. The molecule has 2 nitrogen and oxygen atoms in total. The van der Waals surface area contributed by atoms with Crippen LogP contribution in [0.1, 0.15) is 18.4 Å². The van der Waals surface area contributed by atoms with Crippen LogP contribution in [0.25, 0.3) is 0 Å². The van der Waals surface area contributed by atoms with Crippen LogP contribution in [0.15, 0.2) is 30.3 Å². The predicted molar refractivity (Wildman–Crippen MR) is 58.3 cm³/mol. The Labute approximate surface area is 89.9 Å². The second kappa shape index (κ2) is 4.48. The summed E-state index contributed by atoms with van der Waals surface area (Å²) in [4.78, 5) is 0. The van der Waals surface area contributed by atoms with Gasteiger partial charge in [-0.25, -0.2) is 0 Å². The molecule has 0 saturated carbocycles. The lowest BCUT2D eigenvalue weighted by Gasteiger charge is -2.26. The highest BCUT2D eigenvalue weighted by molar-refractivity contribution is 5.36. The van der Waals surface area contributed by atoms with Crippen molar-refractivity contribution in [3.63, 3.8) is 0 Å². The number of rotatable bonds is 0. The average Bonchev–Trinajstić information content (AvgIpc) is 2.29. The minimum Gasteiger partial charge on any atom is -0.381 e. The molecular formula is C13H14O2. The standard InChI is InChI=1S/C13H14O2/c14-13(8-10-15-11-9-13)7-6-12-4-2-1-3-5-12/h1-5,14H,8-11H2. The summed E-state index contributed by atoms with van der Waals surface area (Å²) in [5, 5.41) is 10.1. The Hall–Kier alpha value is -1.30. The van der Waals surface area contributed by atoms with Crippen LogP contribution in [0, 0.1) is 11.8 Å². The van der Waals surface area contributed by atoms with Crippen molar-refractivity contribution < 1.29 is 9.84 Å². The van der Waals surface area contributed by atoms with Gasteiger partial charge in [0.25, 0.3) is 0 Å². The van der Waals surface area contributed by atoms with Crippen molar-refractivity contribution in [2.24, 2.45) is 0 Å². The third-order valence-electron chi connectivity index (χ3n) is 2.53. The van der Waals surface area contributed by atoms with Gasteiger partial charge < -0.3 is 9.84 Å². The molecule has 0 aliphatic carbocycles. The maximum Gasteiger partial charge on any atom is 0.130 e. The highest BCUT2D eigenvalue weighted by Crippen LogP contribution is 2.19. The van der Waals surface area contributed by atoms with Crippen molar-refractivity contribution in [1.82, 2.24) is 0 Å². The smallest absolute Gasteiger partial charge is 0.130 e. The maximum absolute atomic E-state index is 10.1. The molecule has 1 aromatic carbocycles. The normalized spacial score (nSPS) is 19.0. The molecule has 1 aliphatic heterocycles. The molecule has 1 aromatic rings. The zero-order chi connectivity index (χ0) is 10.6. The highest BCUT2D eigenvalue weighted by Gasteiger charge is 2.27. The molecule has 2 rings (SSSR count). The average molecular weight is 202 g/mol. The molecule has 0 spiro atoms. The lowest BCUT2D eigenvalue weighted by atomic mass is 9.95. The Morgan fingerprint density at radius 2 is 1.80 bits per heavy atom. The van der Waals surface area contributed by atoms with Crippen LogP contribution in [0.2, 0.25) is 0 Å². The van der Waals surface area contributed by atoms with E-state index in [2.05, 4.69) is 11.8 Å².